The van der Waals surface area contributed by atoms with E-state index in [-0.39, 0.29) is 28.1 Å². The minimum absolute atomic E-state index is 0.0950. The van der Waals surface area contributed by atoms with Crippen molar-refractivity contribution in [3.63, 3.8) is 0 Å². The SMILES string of the molecule is Cc1[nH]c2ccccc2c1C(=O)N1C(C)(C)C(C)(C)NC(C)(C)C1(C)C. The topological polar surface area (TPSA) is 48.1 Å². The summed E-state index contributed by atoms with van der Waals surface area (Å²) in [5, 5.41) is 4.79. The standard InChI is InChI=1S/C22H33N3O/c1-14-17(15-12-10-11-13-16(15)23-14)18(26)25-21(6,7)19(2,3)24-20(4,5)22(25,8)9/h10-13,23-24H,1-9H3. The number of H-pyrrole nitrogens is 1. The number of para-hydroxylation sites is 1. The van der Waals surface area contributed by atoms with E-state index in [1.54, 1.807) is 0 Å². The number of amides is 1. The van der Waals surface area contributed by atoms with Crippen LogP contribution >= 0.6 is 0 Å². The number of nitrogens with one attached hydrogen (secondary N) is 2. The van der Waals surface area contributed by atoms with E-state index in [2.05, 4.69) is 70.6 Å². The van der Waals surface area contributed by atoms with Crippen molar-refractivity contribution in [3.05, 3.63) is 35.5 Å². The number of rotatable bonds is 1. The van der Waals surface area contributed by atoms with Gasteiger partial charge in [-0.3, -0.25) is 4.79 Å². The van der Waals surface area contributed by atoms with Crippen LogP contribution in [0.25, 0.3) is 10.9 Å². The van der Waals surface area contributed by atoms with Crippen LogP contribution in [-0.4, -0.2) is 37.9 Å². The highest BCUT2D eigenvalue weighted by Crippen LogP contribution is 2.46. The summed E-state index contributed by atoms with van der Waals surface area (Å²) in [5.41, 5.74) is 1.52. The Bertz CT molecular complexity index is 845. The maximum absolute atomic E-state index is 14.0. The normalized spacial score (nSPS) is 23.2. The van der Waals surface area contributed by atoms with Crippen LogP contribution in [0.3, 0.4) is 0 Å². The number of hydrogen-bond acceptors (Lipinski definition) is 2. The molecule has 2 aromatic rings. The Morgan fingerprint density at radius 1 is 0.885 bits per heavy atom. The zero-order valence-corrected chi connectivity index (χ0v) is 17.7. The molecule has 0 bridgehead atoms. The second kappa shape index (κ2) is 5.35. The van der Waals surface area contributed by atoms with Gasteiger partial charge in [0.15, 0.2) is 0 Å². The minimum atomic E-state index is -0.367. The van der Waals surface area contributed by atoms with Crippen LogP contribution in [0, 0.1) is 6.92 Å². The molecule has 142 valence electrons. The Balaban J connectivity index is 2.24. The van der Waals surface area contributed by atoms with E-state index >= 15 is 0 Å². The van der Waals surface area contributed by atoms with Gasteiger partial charge >= 0.3 is 0 Å². The van der Waals surface area contributed by atoms with Crippen LogP contribution in [0.1, 0.15) is 71.4 Å². The predicted molar refractivity (Wildman–Crippen MR) is 109 cm³/mol. The first kappa shape index (κ1) is 19.0. The fourth-order valence-electron chi connectivity index (χ4n) is 4.52. The maximum Gasteiger partial charge on any atom is 0.257 e. The molecule has 0 aliphatic carbocycles. The first-order valence-electron chi connectivity index (χ1n) is 9.45. The van der Waals surface area contributed by atoms with Gasteiger partial charge in [0.1, 0.15) is 0 Å². The fraction of sp³-hybridized carbons (Fsp3) is 0.591. The number of benzene rings is 1. The lowest BCUT2D eigenvalue weighted by molar-refractivity contribution is -0.101. The van der Waals surface area contributed by atoms with Gasteiger partial charge in [0.05, 0.1) is 16.6 Å². The number of carbonyl (C=O) groups excluding carboxylic acids is 1. The number of hydrogen-bond donors (Lipinski definition) is 2. The van der Waals surface area contributed by atoms with Gasteiger partial charge in [-0.1, -0.05) is 18.2 Å². The van der Waals surface area contributed by atoms with Crippen LogP contribution in [-0.2, 0) is 0 Å². The Morgan fingerprint density at radius 2 is 1.38 bits per heavy atom. The smallest absolute Gasteiger partial charge is 0.257 e. The predicted octanol–water partition coefficient (Wildman–Crippen LogP) is 4.64. The van der Waals surface area contributed by atoms with Crippen LogP contribution in [0.5, 0.6) is 0 Å². The molecule has 2 N–H and O–H groups in total. The van der Waals surface area contributed by atoms with Crippen molar-refractivity contribution in [1.29, 1.82) is 0 Å². The van der Waals surface area contributed by atoms with Crippen molar-refractivity contribution in [3.8, 4) is 0 Å². The van der Waals surface area contributed by atoms with Crippen molar-refractivity contribution < 1.29 is 4.79 Å². The first-order chi connectivity index (χ1) is 11.7. The second-order valence-electron chi connectivity index (χ2n) is 9.80. The van der Waals surface area contributed by atoms with Crippen molar-refractivity contribution in [1.82, 2.24) is 15.2 Å². The van der Waals surface area contributed by atoms with E-state index in [4.69, 9.17) is 0 Å². The van der Waals surface area contributed by atoms with Gasteiger partial charge in [-0.2, -0.15) is 0 Å². The highest BCUT2D eigenvalue weighted by molar-refractivity contribution is 6.08. The van der Waals surface area contributed by atoms with Gasteiger partial charge in [0.2, 0.25) is 0 Å². The summed E-state index contributed by atoms with van der Waals surface area (Å²) in [4.78, 5) is 19.5. The second-order valence-corrected chi connectivity index (χ2v) is 9.80. The number of piperazine rings is 1. The van der Waals surface area contributed by atoms with Gasteiger partial charge < -0.3 is 15.2 Å². The van der Waals surface area contributed by atoms with Gasteiger partial charge in [-0.05, 0) is 68.4 Å². The first-order valence-corrected chi connectivity index (χ1v) is 9.45. The molecule has 0 spiro atoms. The number of carbonyl (C=O) groups is 1. The molecular weight excluding hydrogens is 322 g/mol. The summed E-state index contributed by atoms with van der Waals surface area (Å²) in [6.07, 6.45) is 0. The van der Waals surface area contributed by atoms with Crippen LogP contribution in [0.4, 0.5) is 0 Å². The van der Waals surface area contributed by atoms with Crippen molar-refractivity contribution in [2.45, 2.75) is 84.5 Å². The molecule has 0 radical (unpaired) electrons. The van der Waals surface area contributed by atoms with Crippen molar-refractivity contribution in [2.24, 2.45) is 0 Å². The molecule has 0 unspecified atom stereocenters. The summed E-state index contributed by atoms with van der Waals surface area (Å²) < 4.78 is 0. The molecule has 1 saturated heterocycles. The zero-order chi connectivity index (χ0) is 19.7. The summed E-state index contributed by atoms with van der Waals surface area (Å²) in [6.45, 7) is 19.4. The monoisotopic (exact) mass is 355 g/mol. The average Bonchev–Trinajstić information content (AvgIpc) is 2.79. The highest BCUT2D eigenvalue weighted by atomic mass is 16.2. The number of fused-ring (bicyclic) bond motifs is 1. The van der Waals surface area contributed by atoms with E-state index in [9.17, 15) is 4.79 Å². The Hall–Kier alpha value is -1.81. The molecular formula is C22H33N3O. The average molecular weight is 356 g/mol. The Morgan fingerprint density at radius 3 is 1.92 bits per heavy atom. The molecule has 1 aliphatic rings. The van der Waals surface area contributed by atoms with Gasteiger partial charge in [-0.15, -0.1) is 0 Å². The third-order valence-electron chi connectivity index (χ3n) is 7.11. The number of aromatic amines is 1. The molecule has 1 aromatic heterocycles. The molecule has 1 aromatic carbocycles. The quantitative estimate of drug-likeness (QED) is 0.783. The van der Waals surface area contributed by atoms with Gasteiger partial charge in [-0.25, -0.2) is 0 Å². The zero-order valence-electron chi connectivity index (χ0n) is 17.7. The molecule has 1 fully saturated rings. The lowest BCUT2D eigenvalue weighted by Crippen LogP contribution is -2.84. The van der Waals surface area contributed by atoms with Crippen molar-refractivity contribution in [2.75, 3.05) is 0 Å². The number of aryl methyl sites for hydroxylation is 1. The van der Waals surface area contributed by atoms with Gasteiger partial charge in [0.25, 0.3) is 5.91 Å². The molecule has 2 heterocycles. The summed E-state index contributed by atoms with van der Waals surface area (Å²) in [7, 11) is 0. The Labute approximate surface area is 157 Å². The minimum Gasteiger partial charge on any atom is -0.358 e. The lowest BCUT2D eigenvalue weighted by Gasteiger charge is -2.67. The van der Waals surface area contributed by atoms with E-state index < -0.39 is 0 Å². The van der Waals surface area contributed by atoms with E-state index in [0.29, 0.717) is 0 Å². The molecule has 1 aliphatic heterocycles. The van der Waals surface area contributed by atoms with E-state index in [0.717, 1.165) is 22.2 Å². The lowest BCUT2D eigenvalue weighted by atomic mass is 9.66. The molecule has 0 saturated carbocycles. The third kappa shape index (κ3) is 2.34. The van der Waals surface area contributed by atoms with Crippen molar-refractivity contribution >= 4 is 16.8 Å². The highest BCUT2D eigenvalue weighted by Gasteiger charge is 2.60. The van der Waals surface area contributed by atoms with E-state index in [1.807, 2.05) is 31.2 Å². The van der Waals surface area contributed by atoms with E-state index in [1.165, 1.54) is 0 Å². The molecule has 0 atom stereocenters. The summed E-state index contributed by atoms with van der Waals surface area (Å²) >= 11 is 0. The van der Waals surface area contributed by atoms with Crippen LogP contribution < -0.4 is 5.32 Å². The molecule has 1 amide bonds. The molecule has 3 rings (SSSR count). The number of aromatic nitrogens is 1. The molecule has 4 nitrogen and oxygen atoms in total. The van der Waals surface area contributed by atoms with Gasteiger partial charge in [0, 0.05) is 27.7 Å². The number of nitrogens with zero attached hydrogens (tertiary/aromatic N) is 1. The molecule has 26 heavy (non-hydrogen) atoms. The molecule has 4 heteroatoms. The largest absolute Gasteiger partial charge is 0.358 e. The van der Waals surface area contributed by atoms with Crippen LogP contribution in [0.2, 0.25) is 0 Å². The summed E-state index contributed by atoms with van der Waals surface area (Å²) in [6, 6.07) is 8.05. The Kier molecular flexibility index (Phi) is 3.90. The van der Waals surface area contributed by atoms with Crippen LogP contribution in [0.15, 0.2) is 24.3 Å². The fourth-order valence-corrected chi connectivity index (χ4v) is 4.52. The maximum atomic E-state index is 14.0. The summed E-state index contributed by atoms with van der Waals surface area (Å²) in [5.74, 6) is 0.0950. The third-order valence-corrected chi connectivity index (χ3v) is 7.11.